The number of furan rings is 1. The molecule has 0 saturated carbocycles. The average Bonchev–Trinajstić information content (AvgIpc) is 3.19. The Kier molecular flexibility index (Phi) is 7.84. The zero-order valence-corrected chi connectivity index (χ0v) is 19.1. The Morgan fingerprint density at radius 1 is 1.03 bits per heavy atom. The second-order valence-corrected chi connectivity index (χ2v) is 7.98. The van der Waals surface area contributed by atoms with Crippen molar-refractivity contribution in [2.24, 2.45) is 5.73 Å². The van der Waals surface area contributed by atoms with Crippen molar-refractivity contribution >= 4 is 46.9 Å². The lowest BCUT2D eigenvalue weighted by Crippen LogP contribution is -2.36. The van der Waals surface area contributed by atoms with Crippen LogP contribution in [0.2, 0.25) is 0 Å². The van der Waals surface area contributed by atoms with Gasteiger partial charge >= 0.3 is 17.8 Å². The number of carbonyl (C=O) groups is 3. The Morgan fingerprint density at radius 3 is 2.36 bits per heavy atom. The summed E-state index contributed by atoms with van der Waals surface area (Å²) in [6.07, 6.45) is 0. The number of hydrogen-bond acceptors (Lipinski definition) is 7. The predicted molar refractivity (Wildman–Crippen MR) is 124 cm³/mol. The van der Waals surface area contributed by atoms with E-state index in [9.17, 15) is 14.4 Å². The van der Waals surface area contributed by atoms with E-state index in [0.717, 1.165) is 10.8 Å². The highest BCUT2D eigenvalue weighted by molar-refractivity contribution is 6.32. The van der Waals surface area contributed by atoms with Crippen LogP contribution in [0.3, 0.4) is 0 Å². The fourth-order valence-electron chi connectivity index (χ4n) is 2.76. The van der Waals surface area contributed by atoms with Crippen LogP contribution in [0, 0.1) is 5.41 Å². The van der Waals surface area contributed by atoms with Crippen LogP contribution in [-0.2, 0) is 20.9 Å². The quantitative estimate of drug-likeness (QED) is 0.169. The molecule has 4 N–H and O–H groups in total. The van der Waals surface area contributed by atoms with Crippen LogP contribution in [0.4, 0.5) is 0 Å². The summed E-state index contributed by atoms with van der Waals surface area (Å²) >= 11 is 0. The zero-order valence-electron chi connectivity index (χ0n) is 18.3. The van der Waals surface area contributed by atoms with Gasteiger partial charge in [0, 0.05) is 5.56 Å². The summed E-state index contributed by atoms with van der Waals surface area (Å²) in [5.74, 6) is -2.13. The van der Waals surface area contributed by atoms with Gasteiger partial charge in [0.1, 0.15) is 22.9 Å². The van der Waals surface area contributed by atoms with Gasteiger partial charge in [0.2, 0.25) is 5.76 Å². The fourth-order valence-corrected chi connectivity index (χ4v) is 2.76. The highest BCUT2D eigenvalue weighted by Crippen LogP contribution is 2.23. The van der Waals surface area contributed by atoms with Gasteiger partial charge in [0.15, 0.2) is 0 Å². The van der Waals surface area contributed by atoms with Crippen LogP contribution in [0.25, 0.3) is 10.8 Å². The van der Waals surface area contributed by atoms with Gasteiger partial charge < -0.3 is 24.9 Å². The lowest BCUT2D eigenvalue weighted by molar-refractivity contribution is -0.163. The number of amidine groups is 1. The number of nitrogen functional groups attached to an aromatic ring is 1. The van der Waals surface area contributed by atoms with Crippen LogP contribution < -0.4 is 15.8 Å². The molecule has 0 atom stereocenters. The van der Waals surface area contributed by atoms with Crippen molar-refractivity contribution in [3.05, 3.63) is 65.6 Å². The SMILES string of the molecule is CC(C)(C)OC(=O)C(=O)NCc1ccc(C(=O)Oc2ccc3cc(C(=N)N)ccc3c2)o1.Cl. The highest BCUT2D eigenvalue weighted by Gasteiger charge is 2.23. The molecule has 33 heavy (non-hydrogen) atoms. The lowest BCUT2D eigenvalue weighted by atomic mass is 10.1. The normalized spacial score (nSPS) is 10.8. The van der Waals surface area contributed by atoms with Gasteiger partial charge in [-0.15, -0.1) is 12.4 Å². The Labute approximate surface area is 196 Å². The third-order valence-corrected chi connectivity index (χ3v) is 4.20. The summed E-state index contributed by atoms with van der Waals surface area (Å²) < 4.78 is 15.7. The molecule has 0 fully saturated rings. The second-order valence-electron chi connectivity index (χ2n) is 7.98. The van der Waals surface area contributed by atoms with Gasteiger partial charge in [-0.25, -0.2) is 9.59 Å². The van der Waals surface area contributed by atoms with E-state index in [1.165, 1.54) is 12.1 Å². The molecular formula is C23H24ClN3O6. The van der Waals surface area contributed by atoms with Crippen molar-refractivity contribution in [3.8, 4) is 5.75 Å². The number of halogens is 1. The Hall–Kier alpha value is -3.85. The number of rotatable bonds is 5. The van der Waals surface area contributed by atoms with Crippen LogP contribution in [-0.4, -0.2) is 29.3 Å². The Bertz CT molecular complexity index is 1210. The summed E-state index contributed by atoms with van der Waals surface area (Å²) in [5, 5.41) is 11.5. The summed E-state index contributed by atoms with van der Waals surface area (Å²) in [6, 6.07) is 13.2. The van der Waals surface area contributed by atoms with Gasteiger partial charge in [0.05, 0.1) is 6.54 Å². The highest BCUT2D eigenvalue weighted by atomic mass is 35.5. The first kappa shape index (κ1) is 25.4. The van der Waals surface area contributed by atoms with Crippen molar-refractivity contribution in [2.75, 3.05) is 0 Å². The Balaban J connectivity index is 0.00000385. The number of benzene rings is 2. The maximum absolute atomic E-state index is 12.4. The number of nitrogens with one attached hydrogen (secondary N) is 2. The maximum Gasteiger partial charge on any atom is 0.397 e. The molecule has 1 aromatic heterocycles. The largest absolute Gasteiger partial charge is 0.453 e. The molecule has 0 aliphatic rings. The minimum absolute atomic E-state index is 0. The smallest absolute Gasteiger partial charge is 0.397 e. The van der Waals surface area contributed by atoms with Gasteiger partial charge in [-0.1, -0.05) is 18.2 Å². The molecule has 0 unspecified atom stereocenters. The van der Waals surface area contributed by atoms with E-state index < -0.39 is 23.4 Å². The minimum atomic E-state index is -1.00. The molecule has 9 nitrogen and oxygen atoms in total. The number of ether oxygens (including phenoxy) is 2. The molecule has 174 valence electrons. The first-order valence-electron chi connectivity index (χ1n) is 9.72. The van der Waals surface area contributed by atoms with E-state index in [0.29, 0.717) is 11.3 Å². The second kappa shape index (κ2) is 10.2. The summed E-state index contributed by atoms with van der Waals surface area (Å²) in [6.45, 7) is 4.87. The van der Waals surface area contributed by atoms with Gasteiger partial charge in [-0.2, -0.15) is 0 Å². The van der Waals surface area contributed by atoms with E-state index in [1.807, 2.05) is 0 Å². The number of hydrogen-bond donors (Lipinski definition) is 3. The molecule has 0 aliphatic carbocycles. The van der Waals surface area contributed by atoms with Crippen molar-refractivity contribution in [2.45, 2.75) is 32.9 Å². The molecular weight excluding hydrogens is 450 g/mol. The topological polar surface area (TPSA) is 145 Å². The predicted octanol–water partition coefficient (Wildman–Crippen LogP) is 3.32. The van der Waals surface area contributed by atoms with Gasteiger partial charge in [-0.05, 0) is 61.9 Å². The van der Waals surface area contributed by atoms with E-state index >= 15 is 0 Å². The fraction of sp³-hybridized carbons (Fsp3) is 0.217. The molecule has 0 aliphatic heterocycles. The van der Waals surface area contributed by atoms with Crippen molar-refractivity contribution in [1.82, 2.24) is 5.32 Å². The number of amides is 1. The number of esters is 2. The van der Waals surface area contributed by atoms with Crippen LogP contribution in [0.1, 0.15) is 42.6 Å². The van der Waals surface area contributed by atoms with E-state index in [2.05, 4.69) is 5.32 Å². The molecule has 0 saturated heterocycles. The minimum Gasteiger partial charge on any atom is -0.453 e. The average molecular weight is 474 g/mol. The van der Waals surface area contributed by atoms with E-state index in [-0.39, 0.29) is 36.3 Å². The first-order valence-corrected chi connectivity index (χ1v) is 9.72. The van der Waals surface area contributed by atoms with E-state index in [4.69, 9.17) is 25.0 Å². The molecule has 0 bridgehead atoms. The van der Waals surface area contributed by atoms with Crippen LogP contribution >= 0.6 is 12.4 Å². The summed E-state index contributed by atoms with van der Waals surface area (Å²) in [7, 11) is 0. The van der Waals surface area contributed by atoms with E-state index in [1.54, 1.807) is 57.2 Å². The third-order valence-electron chi connectivity index (χ3n) is 4.20. The third kappa shape index (κ3) is 6.81. The van der Waals surface area contributed by atoms with Crippen molar-refractivity contribution < 1.29 is 28.3 Å². The Morgan fingerprint density at radius 2 is 1.70 bits per heavy atom. The monoisotopic (exact) mass is 473 g/mol. The van der Waals surface area contributed by atoms with Gasteiger partial charge in [-0.3, -0.25) is 10.2 Å². The molecule has 1 amide bonds. The molecule has 1 heterocycles. The van der Waals surface area contributed by atoms with Crippen molar-refractivity contribution in [3.63, 3.8) is 0 Å². The standard InChI is InChI=1S/C23H23N3O6.ClH/c1-23(2,3)32-22(29)20(27)26-12-17-8-9-18(30-17)21(28)31-16-7-6-13-10-15(19(24)25)5-4-14(13)11-16;/h4-11H,12H2,1-3H3,(H3,24,25)(H,26,27);1H. The molecule has 0 radical (unpaired) electrons. The maximum atomic E-state index is 12.4. The molecule has 10 heteroatoms. The number of carbonyl (C=O) groups excluding carboxylic acids is 3. The molecule has 3 rings (SSSR count). The van der Waals surface area contributed by atoms with Crippen LogP contribution in [0.5, 0.6) is 5.75 Å². The molecule has 0 spiro atoms. The van der Waals surface area contributed by atoms with Gasteiger partial charge in [0.25, 0.3) is 0 Å². The lowest BCUT2D eigenvalue weighted by Gasteiger charge is -2.18. The summed E-state index contributed by atoms with van der Waals surface area (Å²) in [5.41, 5.74) is 5.32. The first-order chi connectivity index (χ1) is 15.0. The summed E-state index contributed by atoms with van der Waals surface area (Å²) in [4.78, 5) is 35.9. The molecule has 3 aromatic rings. The molecule has 2 aromatic carbocycles. The number of nitrogens with two attached hydrogens (primary N) is 1. The van der Waals surface area contributed by atoms with Crippen molar-refractivity contribution in [1.29, 1.82) is 5.41 Å². The zero-order chi connectivity index (χ0) is 23.5. The number of fused-ring (bicyclic) bond motifs is 1. The van der Waals surface area contributed by atoms with Crippen LogP contribution in [0.15, 0.2) is 52.9 Å².